The van der Waals surface area contributed by atoms with Crippen LogP contribution >= 0.6 is 0 Å². The minimum Gasteiger partial charge on any atom is -0.463 e. The van der Waals surface area contributed by atoms with E-state index in [1.807, 2.05) is 0 Å². The van der Waals surface area contributed by atoms with E-state index in [9.17, 15) is 14.4 Å². The van der Waals surface area contributed by atoms with Crippen LogP contribution in [0.4, 0.5) is 0 Å². The Balaban J connectivity index is 1.62. The summed E-state index contributed by atoms with van der Waals surface area (Å²) in [7, 11) is 0. The molecule has 6 heteroatoms. The van der Waals surface area contributed by atoms with Gasteiger partial charge in [-0.1, -0.05) is 13.8 Å². The summed E-state index contributed by atoms with van der Waals surface area (Å²) in [5, 5.41) is 0. The summed E-state index contributed by atoms with van der Waals surface area (Å²) in [5.74, 6) is 1.12. The van der Waals surface area contributed by atoms with Gasteiger partial charge in [0, 0.05) is 26.7 Å². The number of esters is 3. The van der Waals surface area contributed by atoms with Crippen molar-refractivity contribution in [1.82, 2.24) is 0 Å². The second kappa shape index (κ2) is 8.08. The molecule has 0 saturated heterocycles. The maximum absolute atomic E-state index is 12.1. The average Bonchev–Trinajstić information content (AvgIpc) is 2.95. The first-order chi connectivity index (χ1) is 14.5. The van der Waals surface area contributed by atoms with Gasteiger partial charge in [0.25, 0.3) is 0 Å². The third-order valence-electron chi connectivity index (χ3n) is 9.23. The van der Waals surface area contributed by atoms with Crippen LogP contribution in [0, 0.1) is 34.5 Å². The normalized spacial score (nSPS) is 46.2. The predicted octanol–water partition coefficient (Wildman–Crippen LogP) is 4.43. The number of fused-ring (bicyclic) bond motifs is 5. The Morgan fingerprint density at radius 1 is 0.774 bits per heavy atom. The topological polar surface area (TPSA) is 78.9 Å². The summed E-state index contributed by atoms with van der Waals surface area (Å²) in [6.45, 7) is 9.18. The zero-order valence-electron chi connectivity index (χ0n) is 19.6. The zero-order chi connectivity index (χ0) is 22.6. The molecule has 4 saturated carbocycles. The highest BCUT2D eigenvalue weighted by atomic mass is 16.6. The molecule has 0 bridgehead atoms. The van der Waals surface area contributed by atoms with E-state index >= 15 is 0 Å². The zero-order valence-corrected chi connectivity index (χ0v) is 19.6. The van der Waals surface area contributed by atoms with Crippen molar-refractivity contribution in [3.05, 3.63) is 0 Å². The maximum atomic E-state index is 12.1. The van der Waals surface area contributed by atoms with E-state index < -0.39 is 0 Å². The van der Waals surface area contributed by atoms with Crippen LogP contribution in [-0.4, -0.2) is 36.2 Å². The molecule has 4 aliphatic rings. The van der Waals surface area contributed by atoms with Crippen LogP contribution in [0.15, 0.2) is 0 Å². The van der Waals surface area contributed by atoms with Crippen LogP contribution in [0.25, 0.3) is 0 Å². The molecule has 0 heterocycles. The lowest BCUT2D eigenvalue weighted by molar-refractivity contribution is -0.197. The van der Waals surface area contributed by atoms with Gasteiger partial charge in [0.05, 0.1) is 0 Å². The minimum atomic E-state index is -0.209. The fourth-order valence-electron chi connectivity index (χ4n) is 8.31. The molecule has 0 amide bonds. The van der Waals surface area contributed by atoms with Crippen molar-refractivity contribution in [3.8, 4) is 0 Å². The molecule has 4 rings (SSSR count). The SMILES string of the molecule is CC(=O)O[C@H]1CC[C@@]2(C)[C@@H](CC[C@@H]3[C@@H]2[C@H](OC(C)=O)C[C@]2(C)C[C@@H](OC(C)=O)C[C@@H]32)C1. The smallest absolute Gasteiger partial charge is 0.302 e. The van der Waals surface area contributed by atoms with Crippen molar-refractivity contribution in [3.63, 3.8) is 0 Å². The molecule has 0 radical (unpaired) electrons. The first kappa shape index (κ1) is 22.6. The molecule has 0 N–H and O–H groups in total. The van der Waals surface area contributed by atoms with Crippen LogP contribution < -0.4 is 0 Å². The van der Waals surface area contributed by atoms with Crippen molar-refractivity contribution in [1.29, 1.82) is 0 Å². The number of hydrogen-bond donors (Lipinski definition) is 0. The van der Waals surface area contributed by atoms with E-state index in [1.165, 1.54) is 20.8 Å². The first-order valence-electron chi connectivity index (χ1n) is 12.0. The molecule has 4 fully saturated rings. The maximum Gasteiger partial charge on any atom is 0.302 e. The van der Waals surface area contributed by atoms with Gasteiger partial charge in [-0.05, 0) is 80.0 Å². The second-order valence-electron chi connectivity index (χ2n) is 11.3. The molecular formula is C25H38O6. The lowest BCUT2D eigenvalue weighted by Gasteiger charge is -2.62. The fourth-order valence-corrected chi connectivity index (χ4v) is 8.31. The van der Waals surface area contributed by atoms with E-state index in [1.54, 1.807) is 0 Å². The highest BCUT2D eigenvalue weighted by molar-refractivity contribution is 5.67. The third-order valence-corrected chi connectivity index (χ3v) is 9.23. The van der Waals surface area contributed by atoms with E-state index in [4.69, 9.17) is 14.2 Å². The van der Waals surface area contributed by atoms with Gasteiger partial charge in [-0.25, -0.2) is 0 Å². The first-order valence-corrected chi connectivity index (χ1v) is 12.0. The molecule has 0 unspecified atom stereocenters. The van der Waals surface area contributed by atoms with Crippen LogP contribution in [0.1, 0.15) is 86.0 Å². The lowest BCUT2D eigenvalue weighted by Crippen LogP contribution is -2.59. The Labute approximate surface area is 185 Å². The van der Waals surface area contributed by atoms with Crippen LogP contribution in [0.2, 0.25) is 0 Å². The number of rotatable bonds is 3. The summed E-state index contributed by atoms with van der Waals surface area (Å²) in [4.78, 5) is 35.2. The summed E-state index contributed by atoms with van der Waals surface area (Å²) in [6, 6.07) is 0. The van der Waals surface area contributed by atoms with E-state index in [-0.39, 0.29) is 47.0 Å². The minimum absolute atomic E-state index is 0.00739. The van der Waals surface area contributed by atoms with Crippen molar-refractivity contribution >= 4 is 17.9 Å². The summed E-state index contributed by atoms with van der Waals surface area (Å²) < 4.78 is 17.3. The largest absolute Gasteiger partial charge is 0.463 e. The van der Waals surface area contributed by atoms with Crippen LogP contribution in [-0.2, 0) is 28.6 Å². The Bertz CT molecular complexity index is 748. The van der Waals surface area contributed by atoms with Gasteiger partial charge in [-0.15, -0.1) is 0 Å². The van der Waals surface area contributed by atoms with E-state index in [0.29, 0.717) is 23.7 Å². The monoisotopic (exact) mass is 434 g/mol. The van der Waals surface area contributed by atoms with Gasteiger partial charge in [0.1, 0.15) is 18.3 Å². The molecule has 0 aliphatic heterocycles. The van der Waals surface area contributed by atoms with E-state index in [2.05, 4.69) is 13.8 Å². The third kappa shape index (κ3) is 4.11. The Hall–Kier alpha value is -1.59. The Kier molecular flexibility index (Phi) is 5.89. The van der Waals surface area contributed by atoms with Crippen molar-refractivity contribution in [2.75, 3.05) is 0 Å². The summed E-state index contributed by atoms with van der Waals surface area (Å²) in [6.07, 6.45) is 7.48. The molecule has 174 valence electrons. The van der Waals surface area contributed by atoms with E-state index in [0.717, 1.165) is 51.4 Å². The molecule has 9 atom stereocenters. The van der Waals surface area contributed by atoms with Gasteiger partial charge < -0.3 is 14.2 Å². The summed E-state index contributed by atoms with van der Waals surface area (Å²) >= 11 is 0. The standard InChI is InChI=1S/C25H38O6/c1-14(26)29-18-8-9-25(5)17(10-18)6-7-20-21-11-19(30-15(2)27)12-24(21,4)13-22(23(20)25)31-16(3)28/h17-23H,6-13H2,1-5H3/t17-,18-,19-,20-,21-,22+,23+,24-,25-/m0/s1. The quantitative estimate of drug-likeness (QED) is 0.483. The van der Waals surface area contributed by atoms with Gasteiger partial charge in [-0.2, -0.15) is 0 Å². The van der Waals surface area contributed by atoms with Crippen LogP contribution in [0.5, 0.6) is 0 Å². The average molecular weight is 435 g/mol. The van der Waals surface area contributed by atoms with Gasteiger partial charge in [0.2, 0.25) is 0 Å². The van der Waals surface area contributed by atoms with Gasteiger partial charge >= 0.3 is 17.9 Å². The second-order valence-corrected chi connectivity index (χ2v) is 11.3. The van der Waals surface area contributed by atoms with Crippen LogP contribution in [0.3, 0.4) is 0 Å². The number of carbonyl (C=O) groups excluding carboxylic acids is 3. The highest BCUT2D eigenvalue weighted by Gasteiger charge is 2.63. The molecular weight excluding hydrogens is 396 g/mol. The molecule has 4 aliphatic carbocycles. The fraction of sp³-hybridized carbons (Fsp3) is 0.880. The molecule has 0 aromatic carbocycles. The molecule has 31 heavy (non-hydrogen) atoms. The van der Waals surface area contributed by atoms with Gasteiger partial charge in [0.15, 0.2) is 0 Å². The molecule has 0 aromatic heterocycles. The van der Waals surface area contributed by atoms with Crippen molar-refractivity contribution in [2.45, 2.75) is 104 Å². The Morgan fingerprint density at radius 2 is 1.42 bits per heavy atom. The molecule has 0 aromatic rings. The summed E-state index contributed by atoms with van der Waals surface area (Å²) in [5.41, 5.74) is 0.0973. The highest BCUT2D eigenvalue weighted by Crippen LogP contribution is 2.67. The van der Waals surface area contributed by atoms with Gasteiger partial charge in [-0.3, -0.25) is 14.4 Å². The predicted molar refractivity (Wildman–Crippen MR) is 114 cm³/mol. The molecule has 0 spiro atoms. The van der Waals surface area contributed by atoms with Crippen molar-refractivity contribution in [2.24, 2.45) is 34.5 Å². The number of ether oxygens (including phenoxy) is 3. The lowest BCUT2D eigenvalue weighted by atomic mass is 9.44. The number of hydrogen-bond acceptors (Lipinski definition) is 6. The molecule has 6 nitrogen and oxygen atoms in total. The Morgan fingerprint density at radius 3 is 2.06 bits per heavy atom. The number of carbonyl (C=O) groups is 3. The van der Waals surface area contributed by atoms with Crippen molar-refractivity contribution < 1.29 is 28.6 Å².